The average molecular weight is 425 g/mol. The summed E-state index contributed by atoms with van der Waals surface area (Å²) in [7, 11) is -4.30. The van der Waals surface area contributed by atoms with Crippen LogP contribution < -0.4 is 0 Å². The van der Waals surface area contributed by atoms with Gasteiger partial charge < -0.3 is 14.8 Å². The van der Waals surface area contributed by atoms with Crippen LogP contribution in [0.15, 0.2) is 34.9 Å². The number of phenolic OH excluding ortho intramolecular Hbond substituents is 1. The van der Waals surface area contributed by atoms with E-state index >= 15 is 0 Å². The molecule has 5 nitrogen and oxygen atoms in total. The lowest BCUT2D eigenvalue weighted by atomic mass is 9.74. The molecule has 0 radical (unpaired) electrons. The van der Waals surface area contributed by atoms with E-state index in [1.54, 1.807) is 12.1 Å². The Labute approximate surface area is 172 Å². The predicted molar refractivity (Wildman–Crippen MR) is 113 cm³/mol. The zero-order valence-electron chi connectivity index (χ0n) is 16.2. The minimum absolute atomic E-state index is 0.0790. The summed E-state index contributed by atoms with van der Waals surface area (Å²) in [5, 5.41) is 19.4. The van der Waals surface area contributed by atoms with Crippen LogP contribution in [0.25, 0.3) is 6.08 Å². The maximum Gasteiger partial charge on any atom is 0.456 e. The van der Waals surface area contributed by atoms with Crippen molar-refractivity contribution >= 4 is 34.6 Å². The summed E-state index contributed by atoms with van der Waals surface area (Å²) in [5.74, 6) is 0.202. The van der Waals surface area contributed by atoms with Crippen molar-refractivity contribution in [3.63, 3.8) is 0 Å². The average Bonchev–Trinajstić information content (AvgIpc) is 2.90. The van der Waals surface area contributed by atoms with Crippen LogP contribution in [0, 0.1) is 0 Å². The summed E-state index contributed by atoms with van der Waals surface area (Å²) in [6.45, 7) is 4.02. The second-order valence-electron chi connectivity index (χ2n) is 7.42. The van der Waals surface area contributed by atoms with Gasteiger partial charge in [0.1, 0.15) is 5.75 Å². The van der Waals surface area contributed by atoms with Gasteiger partial charge in [-0.25, -0.2) is 8.42 Å². The summed E-state index contributed by atoms with van der Waals surface area (Å²) in [6, 6.07) is 4.87. The molecule has 1 aromatic carbocycles. The van der Waals surface area contributed by atoms with E-state index in [0.29, 0.717) is 24.3 Å². The van der Waals surface area contributed by atoms with Crippen molar-refractivity contribution in [3.05, 3.63) is 45.5 Å². The van der Waals surface area contributed by atoms with Crippen LogP contribution in [0.5, 0.6) is 5.75 Å². The second-order valence-corrected chi connectivity index (χ2v) is 10.0. The summed E-state index contributed by atoms with van der Waals surface area (Å²) in [4.78, 5) is 0. The van der Waals surface area contributed by atoms with Crippen LogP contribution in [0.4, 0.5) is 0 Å². The van der Waals surface area contributed by atoms with Gasteiger partial charge in [-0.3, -0.25) is 0 Å². The Hall–Kier alpha value is -1.28. The van der Waals surface area contributed by atoms with Gasteiger partial charge in [0.2, 0.25) is 0 Å². The molecule has 0 aliphatic carbocycles. The molecule has 2 heterocycles. The first kappa shape index (κ1) is 21.4. The van der Waals surface area contributed by atoms with Crippen molar-refractivity contribution in [2.24, 2.45) is 0 Å². The Morgan fingerprint density at radius 2 is 2.14 bits per heavy atom. The number of fused-ring (bicyclic) bond motifs is 1. The Morgan fingerprint density at radius 3 is 2.79 bits per heavy atom. The first-order valence-electron chi connectivity index (χ1n) is 9.70. The van der Waals surface area contributed by atoms with Crippen molar-refractivity contribution in [3.8, 4) is 5.75 Å². The molecule has 3 rings (SSSR count). The Kier molecular flexibility index (Phi) is 6.59. The molecule has 0 spiro atoms. The number of sulfone groups is 1. The van der Waals surface area contributed by atoms with Crippen molar-refractivity contribution in [2.75, 3.05) is 5.75 Å². The van der Waals surface area contributed by atoms with E-state index < -0.39 is 22.2 Å². The van der Waals surface area contributed by atoms with Crippen LogP contribution in [-0.2, 0) is 14.5 Å². The monoisotopic (exact) mass is 424 g/mol. The highest BCUT2D eigenvalue weighted by Gasteiger charge is 2.47. The second kappa shape index (κ2) is 8.62. The number of aromatic hydroxyl groups is 1. The maximum atomic E-state index is 12.5. The molecule has 0 unspecified atom stereocenters. The number of rotatable bonds is 6. The fraction of sp³-hybridized carbons (Fsp3) is 0.500. The molecule has 0 aromatic heterocycles. The first-order valence-corrected chi connectivity index (χ1v) is 11.8. The Balaban J connectivity index is 1.80. The molecule has 2 atom stereocenters. The highest BCUT2D eigenvalue weighted by molar-refractivity contribution is 7.92. The number of allylic oxidation sites excluding steroid dienone is 1. The van der Waals surface area contributed by atoms with Gasteiger partial charge >= 0.3 is 7.12 Å². The zero-order valence-corrected chi connectivity index (χ0v) is 17.8. The van der Waals surface area contributed by atoms with E-state index in [1.165, 1.54) is 6.07 Å². The smallest absolute Gasteiger partial charge is 0.456 e. The van der Waals surface area contributed by atoms with E-state index in [2.05, 4.69) is 6.92 Å². The third-order valence-electron chi connectivity index (χ3n) is 5.60. The quantitative estimate of drug-likeness (QED) is 0.532. The number of phenols is 1. The van der Waals surface area contributed by atoms with Gasteiger partial charge in [0.25, 0.3) is 0 Å². The lowest BCUT2D eigenvalue weighted by Crippen LogP contribution is -2.41. The topological polar surface area (TPSA) is 83.8 Å². The minimum Gasteiger partial charge on any atom is -0.508 e. The third-order valence-corrected chi connectivity index (χ3v) is 7.99. The molecule has 2 N–H and O–H groups in total. The van der Waals surface area contributed by atoms with Crippen LogP contribution in [0.3, 0.4) is 0 Å². The molecule has 0 amide bonds. The molecule has 2 aliphatic rings. The molecule has 8 heteroatoms. The van der Waals surface area contributed by atoms with Crippen molar-refractivity contribution in [1.82, 2.24) is 0 Å². The molecule has 0 saturated carbocycles. The van der Waals surface area contributed by atoms with E-state index in [1.807, 2.05) is 13.0 Å². The van der Waals surface area contributed by atoms with Crippen LogP contribution in [-0.4, -0.2) is 42.8 Å². The van der Waals surface area contributed by atoms with Gasteiger partial charge in [0.15, 0.2) is 9.84 Å². The van der Waals surface area contributed by atoms with Crippen LogP contribution in [0.2, 0.25) is 11.3 Å². The Bertz CT molecular complexity index is 909. The van der Waals surface area contributed by atoms with Gasteiger partial charge in [0.05, 0.1) is 22.1 Å². The predicted octanol–water partition coefficient (Wildman–Crippen LogP) is 4.00. The molecule has 2 aliphatic heterocycles. The standard InChI is InChI=1S/C20H26BClO5S/c1-3-13(9-15-6-7-16(23)10-17(15)22)5-8-18-20-14(4-2)12-28(25,26)19(20)11-21(24)27-18/h6-7,9-10,18-19,23-24H,3-5,8,11-12H2,1-2H3/b13-9+/t18-,19+/m1/s1. The van der Waals surface area contributed by atoms with E-state index in [0.717, 1.165) is 28.7 Å². The number of hydrogen-bond acceptors (Lipinski definition) is 5. The van der Waals surface area contributed by atoms with Gasteiger partial charge in [-0.2, -0.15) is 0 Å². The van der Waals surface area contributed by atoms with E-state index in [4.69, 9.17) is 16.3 Å². The Morgan fingerprint density at radius 1 is 1.39 bits per heavy atom. The van der Waals surface area contributed by atoms with Gasteiger partial charge in [-0.1, -0.05) is 42.7 Å². The third kappa shape index (κ3) is 4.48. The lowest BCUT2D eigenvalue weighted by molar-refractivity contribution is 0.169. The van der Waals surface area contributed by atoms with Crippen LogP contribution >= 0.6 is 11.6 Å². The zero-order chi connectivity index (χ0) is 20.5. The summed E-state index contributed by atoms with van der Waals surface area (Å²) >= 11 is 6.20. The molecule has 1 saturated heterocycles. The molecule has 1 fully saturated rings. The highest BCUT2D eigenvalue weighted by atomic mass is 35.5. The summed E-state index contributed by atoms with van der Waals surface area (Å²) in [5.41, 5.74) is 3.78. The number of benzene rings is 1. The highest BCUT2D eigenvalue weighted by Crippen LogP contribution is 2.40. The summed E-state index contributed by atoms with van der Waals surface area (Å²) < 4.78 is 30.8. The van der Waals surface area contributed by atoms with Crippen molar-refractivity contribution in [2.45, 2.75) is 57.2 Å². The first-order chi connectivity index (χ1) is 13.2. The largest absolute Gasteiger partial charge is 0.508 e. The fourth-order valence-electron chi connectivity index (χ4n) is 4.11. The molecular weight excluding hydrogens is 399 g/mol. The van der Waals surface area contributed by atoms with Gasteiger partial charge in [-0.15, -0.1) is 0 Å². The van der Waals surface area contributed by atoms with Crippen LogP contribution in [0.1, 0.15) is 45.1 Å². The van der Waals surface area contributed by atoms with Crippen molar-refractivity contribution in [1.29, 1.82) is 0 Å². The summed E-state index contributed by atoms with van der Waals surface area (Å²) in [6.07, 6.45) is 4.55. The molecule has 1 aromatic rings. The number of halogens is 1. The fourth-order valence-corrected chi connectivity index (χ4v) is 6.56. The maximum absolute atomic E-state index is 12.5. The molecule has 152 valence electrons. The molecule has 0 bridgehead atoms. The SMILES string of the molecule is CCC1=C2[C@@H](CC/C(=C/c3ccc(O)cc3Cl)CC)OB(O)C[C@@H]2S(=O)(=O)C1. The normalized spacial score (nSPS) is 24.6. The number of hydrogen-bond donors (Lipinski definition) is 2. The van der Waals surface area contributed by atoms with Crippen molar-refractivity contribution < 1.29 is 23.2 Å². The van der Waals surface area contributed by atoms with Gasteiger partial charge in [-0.05, 0) is 55.0 Å². The van der Waals surface area contributed by atoms with E-state index in [-0.39, 0.29) is 23.9 Å². The molecular formula is C20H26BClO5S. The molecule has 28 heavy (non-hydrogen) atoms. The minimum atomic E-state index is -3.25. The van der Waals surface area contributed by atoms with E-state index in [9.17, 15) is 18.5 Å². The van der Waals surface area contributed by atoms with Gasteiger partial charge in [0, 0.05) is 6.32 Å². The lowest BCUT2D eigenvalue weighted by Gasteiger charge is -2.32.